The summed E-state index contributed by atoms with van der Waals surface area (Å²) in [7, 11) is -3.97. The number of amidine groups is 1. The van der Waals surface area contributed by atoms with Crippen LogP contribution < -0.4 is 22.4 Å². The van der Waals surface area contributed by atoms with E-state index in [2.05, 4.69) is 5.10 Å². The molecule has 0 heterocycles. The van der Waals surface area contributed by atoms with Gasteiger partial charge in [0.1, 0.15) is 0 Å². The zero-order chi connectivity index (χ0) is 16.3. The molecular weight excluding hydrogens is 302 g/mol. The van der Waals surface area contributed by atoms with Crippen LogP contribution in [-0.2, 0) is 16.6 Å². The molecule has 0 unspecified atom stereocenters. The van der Waals surface area contributed by atoms with Crippen molar-refractivity contribution in [2.24, 2.45) is 27.6 Å². The third-order valence-corrected chi connectivity index (χ3v) is 4.18. The highest BCUT2D eigenvalue weighted by atomic mass is 32.2. The fourth-order valence-corrected chi connectivity index (χ4v) is 2.93. The zero-order valence-electron chi connectivity index (χ0n) is 11.7. The number of rotatable bonds is 4. The lowest BCUT2D eigenvalue weighted by Gasteiger charge is -2.13. The number of hydrogen-bond donors (Lipinski definition) is 4. The lowest BCUT2D eigenvalue weighted by molar-refractivity contribution is 0.597. The summed E-state index contributed by atoms with van der Waals surface area (Å²) in [5.74, 6) is 5.11. The number of nitrogens with two attached hydrogens (primary N) is 4. The minimum Gasteiger partial charge on any atom is -0.382 e. The molecule has 0 aliphatic rings. The van der Waals surface area contributed by atoms with E-state index in [1.807, 2.05) is 24.3 Å². The lowest BCUT2D eigenvalue weighted by Crippen LogP contribution is -2.23. The Hall–Kier alpha value is -2.42. The molecule has 2 aromatic rings. The maximum Gasteiger partial charge on any atom is 0.238 e. The van der Waals surface area contributed by atoms with Gasteiger partial charge in [-0.3, -0.25) is 0 Å². The van der Waals surface area contributed by atoms with E-state index in [4.69, 9.17) is 22.4 Å². The summed E-state index contributed by atoms with van der Waals surface area (Å²) >= 11 is 0. The average molecular weight is 319 g/mol. The zero-order valence-corrected chi connectivity index (χ0v) is 12.5. The molecule has 8 N–H and O–H groups in total. The van der Waals surface area contributed by atoms with Gasteiger partial charge < -0.3 is 17.3 Å². The van der Waals surface area contributed by atoms with Crippen LogP contribution in [0.2, 0.25) is 0 Å². The van der Waals surface area contributed by atoms with Crippen molar-refractivity contribution in [3.8, 4) is 11.1 Å². The first kappa shape index (κ1) is 16.0. The minimum atomic E-state index is -3.97. The first-order valence-electron chi connectivity index (χ1n) is 6.37. The number of hydrogen-bond acceptors (Lipinski definition) is 5. The molecule has 7 nitrogen and oxygen atoms in total. The van der Waals surface area contributed by atoms with Crippen molar-refractivity contribution in [2.75, 3.05) is 0 Å². The average Bonchev–Trinajstić information content (AvgIpc) is 2.52. The van der Waals surface area contributed by atoms with Crippen LogP contribution in [0.1, 0.15) is 11.1 Å². The Morgan fingerprint density at radius 2 is 1.73 bits per heavy atom. The fourth-order valence-electron chi connectivity index (χ4n) is 2.16. The number of primary sulfonamides is 1. The molecule has 0 saturated carbocycles. The smallest absolute Gasteiger partial charge is 0.238 e. The SMILES string of the molecule is NCc1ccc(-c2cccc(S(N)(=O)=O)c2/C(N)=N/N)cc1. The predicted octanol–water partition coefficient (Wildman–Crippen LogP) is 0.0387. The van der Waals surface area contributed by atoms with Crippen molar-refractivity contribution in [1.29, 1.82) is 0 Å². The van der Waals surface area contributed by atoms with Crippen LogP contribution in [0.3, 0.4) is 0 Å². The summed E-state index contributed by atoms with van der Waals surface area (Å²) < 4.78 is 23.5. The molecule has 0 radical (unpaired) electrons. The van der Waals surface area contributed by atoms with E-state index in [-0.39, 0.29) is 16.3 Å². The molecule has 8 heteroatoms. The molecule has 0 amide bonds. The maximum absolute atomic E-state index is 11.8. The van der Waals surface area contributed by atoms with Gasteiger partial charge in [0.2, 0.25) is 10.0 Å². The van der Waals surface area contributed by atoms with Gasteiger partial charge in [0.05, 0.1) is 4.90 Å². The topological polar surface area (TPSA) is 151 Å². The summed E-state index contributed by atoms with van der Waals surface area (Å²) in [4.78, 5) is -0.125. The van der Waals surface area contributed by atoms with Gasteiger partial charge in [0, 0.05) is 12.1 Å². The van der Waals surface area contributed by atoms with Gasteiger partial charge in [0.15, 0.2) is 5.84 Å². The van der Waals surface area contributed by atoms with Crippen LogP contribution in [0.5, 0.6) is 0 Å². The first-order valence-corrected chi connectivity index (χ1v) is 7.92. The molecule has 2 aromatic carbocycles. The predicted molar refractivity (Wildman–Crippen MR) is 86.1 cm³/mol. The first-order chi connectivity index (χ1) is 10.4. The van der Waals surface area contributed by atoms with Crippen LogP contribution in [0.15, 0.2) is 52.5 Å². The highest BCUT2D eigenvalue weighted by molar-refractivity contribution is 7.89. The van der Waals surface area contributed by atoms with Gasteiger partial charge in [-0.2, -0.15) is 5.10 Å². The fraction of sp³-hybridized carbons (Fsp3) is 0.0714. The molecule has 0 bridgehead atoms. The van der Waals surface area contributed by atoms with Crippen molar-refractivity contribution >= 4 is 15.9 Å². The van der Waals surface area contributed by atoms with E-state index in [1.54, 1.807) is 12.1 Å². The monoisotopic (exact) mass is 319 g/mol. The van der Waals surface area contributed by atoms with Crippen molar-refractivity contribution in [1.82, 2.24) is 0 Å². The Kier molecular flexibility index (Phi) is 4.45. The molecule has 0 aliphatic heterocycles. The molecule has 0 spiro atoms. The van der Waals surface area contributed by atoms with E-state index in [9.17, 15) is 8.42 Å². The van der Waals surface area contributed by atoms with Crippen molar-refractivity contribution < 1.29 is 8.42 Å². The van der Waals surface area contributed by atoms with Crippen LogP contribution in [0.4, 0.5) is 0 Å². The summed E-state index contributed by atoms with van der Waals surface area (Å²) in [5, 5.41) is 8.65. The van der Waals surface area contributed by atoms with Crippen molar-refractivity contribution in [3.05, 3.63) is 53.6 Å². The Bertz CT molecular complexity index is 814. The van der Waals surface area contributed by atoms with Gasteiger partial charge in [-0.1, -0.05) is 36.4 Å². The second-order valence-electron chi connectivity index (χ2n) is 4.64. The number of nitrogens with zero attached hydrogens (tertiary/aromatic N) is 1. The van der Waals surface area contributed by atoms with Crippen LogP contribution in [0, 0.1) is 0 Å². The summed E-state index contributed by atoms with van der Waals surface area (Å²) in [5.41, 5.74) is 13.8. The van der Waals surface area contributed by atoms with Gasteiger partial charge in [-0.15, -0.1) is 0 Å². The standard InChI is InChI=1S/C14H17N5O2S/c15-8-9-4-6-10(7-5-9)11-2-1-3-12(22(18,20)21)13(11)14(16)19-17/h1-7H,8,15,17H2,(H2,16,19)(H2,18,20,21). The highest BCUT2D eigenvalue weighted by Gasteiger charge is 2.20. The summed E-state index contributed by atoms with van der Waals surface area (Å²) in [6.07, 6.45) is 0. The Morgan fingerprint density at radius 1 is 1.09 bits per heavy atom. The summed E-state index contributed by atoms with van der Waals surface area (Å²) in [6, 6.07) is 12.0. The highest BCUT2D eigenvalue weighted by Crippen LogP contribution is 2.28. The third-order valence-electron chi connectivity index (χ3n) is 3.23. The molecule has 0 saturated heterocycles. The molecule has 2 rings (SSSR count). The Labute approximate surface area is 128 Å². The number of sulfonamides is 1. The van der Waals surface area contributed by atoms with Gasteiger partial charge in [0.25, 0.3) is 0 Å². The van der Waals surface area contributed by atoms with Crippen LogP contribution >= 0.6 is 0 Å². The molecule has 22 heavy (non-hydrogen) atoms. The second-order valence-corrected chi connectivity index (χ2v) is 6.17. The number of hydrazone groups is 1. The summed E-state index contributed by atoms with van der Waals surface area (Å²) in [6.45, 7) is 0.413. The largest absolute Gasteiger partial charge is 0.382 e. The normalized spacial score (nSPS) is 12.4. The van der Waals surface area contributed by atoms with E-state index < -0.39 is 10.0 Å². The van der Waals surface area contributed by atoms with E-state index in [0.29, 0.717) is 12.1 Å². The van der Waals surface area contributed by atoms with Gasteiger partial charge in [-0.25, -0.2) is 13.6 Å². The molecule has 0 fully saturated rings. The Morgan fingerprint density at radius 3 is 2.23 bits per heavy atom. The van der Waals surface area contributed by atoms with Crippen LogP contribution in [0.25, 0.3) is 11.1 Å². The number of benzene rings is 2. The molecular formula is C14H17N5O2S. The molecule has 0 atom stereocenters. The lowest BCUT2D eigenvalue weighted by atomic mass is 9.98. The van der Waals surface area contributed by atoms with Gasteiger partial charge >= 0.3 is 0 Å². The van der Waals surface area contributed by atoms with E-state index in [1.165, 1.54) is 6.07 Å². The second kappa shape index (κ2) is 6.14. The minimum absolute atomic E-state index is 0.109. The van der Waals surface area contributed by atoms with Gasteiger partial charge in [-0.05, 0) is 22.8 Å². The maximum atomic E-state index is 11.8. The molecule has 116 valence electrons. The molecule has 0 aliphatic carbocycles. The quantitative estimate of drug-likeness (QED) is 0.271. The van der Waals surface area contributed by atoms with E-state index in [0.717, 1.165) is 11.1 Å². The van der Waals surface area contributed by atoms with Crippen molar-refractivity contribution in [2.45, 2.75) is 11.4 Å². The van der Waals surface area contributed by atoms with Crippen LogP contribution in [-0.4, -0.2) is 14.3 Å². The van der Waals surface area contributed by atoms with Crippen molar-refractivity contribution in [3.63, 3.8) is 0 Å². The Balaban J connectivity index is 2.75. The molecule has 0 aromatic heterocycles. The third kappa shape index (κ3) is 3.08. The van der Waals surface area contributed by atoms with E-state index >= 15 is 0 Å².